The molecule has 0 aliphatic rings. The van der Waals surface area contributed by atoms with Crippen LogP contribution < -0.4 is 9.54 Å². The minimum absolute atomic E-state index is 0.304. The van der Waals surface area contributed by atoms with Crippen LogP contribution in [0.3, 0.4) is 0 Å². The third-order valence-electron chi connectivity index (χ3n) is 4.01. The van der Waals surface area contributed by atoms with Crippen LogP contribution in [0.15, 0.2) is 47.5 Å². The van der Waals surface area contributed by atoms with Crippen LogP contribution in [0.25, 0.3) is 20.4 Å². The fraction of sp³-hybridized carbons (Fsp3) is 0.211. The Kier molecular flexibility index (Phi) is 4.57. The van der Waals surface area contributed by atoms with Gasteiger partial charge in [-0.1, -0.05) is 36.5 Å². The molecule has 4 rings (SSSR count). The van der Waals surface area contributed by atoms with Crippen molar-refractivity contribution < 1.29 is 9.53 Å². The lowest BCUT2D eigenvalue weighted by Crippen LogP contribution is -2.17. The second-order valence-corrected chi connectivity index (χ2v) is 7.79. The summed E-state index contributed by atoms with van der Waals surface area (Å²) in [5.41, 5.74) is 1.81. The molecule has 26 heavy (non-hydrogen) atoms. The maximum Gasteiger partial charge on any atom is 0.308 e. The molecular weight excluding hydrogens is 366 g/mol. The molecule has 2 heterocycles. The molecule has 7 heteroatoms. The van der Waals surface area contributed by atoms with Gasteiger partial charge in [0.05, 0.1) is 22.0 Å². The van der Waals surface area contributed by atoms with E-state index in [4.69, 9.17) is 4.74 Å². The van der Waals surface area contributed by atoms with Crippen molar-refractivity contribution in [2.45, 2.75) is 19.9 Å². The zero-order valence-electron chi connectivity index (χ0n) is 14.4. The number of para-hydroxylation sites is 2. The van der Waals surface area contributed by atoms with E-state index in [9.17, 15) is 4.79 Å². The van der Waals surface area contributed by atoms with Crippen molar-refractivity contribution in [3.05, 3.63) is 52.3 Å². The van der Waals surface area contributed by atoms with Gasteiger partial charge < -0.3 is 9.30 Å². The Hall–Kier alpha value is -2.51. The van der Waals surface area contributed by atoms with Gasteiger partial charge in [-0.3, -0.25) is 4.79 Å². The van der Waals surface area contributed by atoms with Gasteiger partial charge in [-0.2, -0.15) is 4.99 Å². The number of rotatable bonds is 4. The van der Waals surface area contributed by atoms with Gasteiger partial charge in [-0.05, 0) is 30.7 Å². The number of carbonyl (C=O) groups excluding carboxylic acids is 1. The van der Waals surface area contributed by atoms with E-state index in [1.807, 2.05) is 42.5 Å². The molecule has 0 aliphatic heterocycles. The molecule has 4 aromatic rings. The summed E-state index contributed by atoms with van der Waals surface area (Å²) in [6, 6.07) is 13.6. The molecule has 0 atom stereocenters. The number of aromatic nitrogens is 2. The third-order valence-corrected chi connectivity index (χ3v) is 6.07. The molecule has 1 amide bonds. The van der Waals surface area contributed by atoms with Crippen LogP contribution in [-0.4, -0.2) is 22.6 Å². The molecule has 0 radical (unpaired) electrons. The summed E-state index contributed by atoms with van der Waals surface area (Å²) in [5, 5.41) is 0.415. The molecule has 0 unspecified atom stereocenters. The average Bonchev–Trinajstić information content (AvgIpc) is 3.24. The molecule has 132 valence electrons. The minimum atomic E-state index is -0.304. The molecule has 0 bridgehead atoms. The SMILES string of the molecule is CCCn1c(=NC(=O)c2nc3ccccc3s2)sc2cccc(OC)c21. The summed E-state index contributed by atoms with van der Waals surface area (Å²) in [4.78, 5) is 22.2. The molecule has 0 fully saturated rings. The Morgan fingerprint density at radius 3 is 2.73 bits per heavy atom. The number of carbonyl (C=O) groups is 1. The molecule has 2 aromatic heterocycles. The first-order valence-corrected chi connectivity index (χ1v) is 9.95. The number of thiazole rings is 2. The van der Waals surface area contributed by atoms with Crippen molar-refractivity contribution in [3.63, 3.8) is 0 Å². The number of fused-ring (bicyclic) bond motifs is 2. The van der Waals surface area contributed by atoms with Crippen molar-refractivity contribution in [2.24, 2.45) is 4.99 Å². The van der Waals surface area contributed by atoms with Crippen LogP contribution in [0.1, 0.15) is 23.1 Å². The lowest BCUT2D eigenvalue weighted by molar-refractivity contribution is 0.0997. The predicted molar refractivity (Wildman–Crippen MR) is 106 cm³/mol. The topological polar surface area (TPSA) is 56.5 Å². The van der Waals surface area contributed by atoms with Crippen LogP contribution in [0.5, 0.6) is 5.75 Å². The van der Waals surface area contributed by atoms with Gasteiger partial charge in [0.25, 0.3) is 0 Å². The Labute approximate surface area is 158 Å². The van der Waals surface area contributed by atoms with Gasteiger partial charge in [0.15, 0.2) is 9.81 Å². The molecule has 5 nitrogen and oxygen atoms in total. The number of methoxy groups -OCH3 is 1. The Morgan fingerprint density at radius 2 is 1.96 bits per heavy atom. The monoisotopic (exact) mass is 383 g/mol. The van der Waals surface area contributed by atoms with Crippen molar-refractivity contribution in [1.82, 2.24) is 9.55 Å². The van der Waals surface area contributed by atoms with Crippen LogP contribution in [-0.2, 0) is 6.54 Å². The first-order chi connectivity index (χ1) is 12.7. The van der Waals surface area contributed by atoms with E-state index >= 15 is 0 Å². The van der Waals surface area contributed by atoms with Gasteiger partial charge in [-0.25, -0.2) is 4.98 Å². The zero-order chi connectivity index (χ0) is 18.1. The quantitative estimate of drug-likeness (QED) is 0.522. The van der Waals surface area contributed by atoms with E-state index < -0.39 is 0 Å². The maximum atomic E-state index is 12.7. The van der Waals surface area contributed by atoms with E-state index in [1.54, 1.807) is 7.11 Å². The van der Waals surface area contributed by atoms with Gasteiger partial charge in [0, 0.05) is 6.54 Å². The standard InChI is InChI=1S/C19H17N3O2S2/c1-3-11-22-16-13(24-2)8-6-10-15(16)26-19(22)21-17(23)18-20-12-7-4-5-9-14(12)25-18/h4-10H,3,11H2,1-2H3. The van der Waals surface area contributed by atoms with Crippen molar-refractivity contribution in [3.8, 4) is 5.75 Å². The Bertz CT molecular complexity index is 1140. The minimum Gasteiger partial charge on any atom is -0.495 e. The van der Waals surface area contributed by atoms with Gasteiger partial charge in [-0.15, -0.1) is 11.3 Å². The summed E-state index contributed by atoms with van der Waals surface area (Å²) in [6.07, 6.45) is 0.937. The lowest BCUT2D eigenvalue weighted by Gasteiger charge is -2.06. The number of ether oxygens (including phenoxy) is 1. The summed E-state index contributed by atoms with van der Waals surface area (Å²) in [6.45, 7) is 2.87. The fourth-order valence-electron chi connectivity index (χ4n) is 2.88. The molecule has 0 saturated carbocycles. The second kappa shape index (κ2) is 7.01. The lowest BCUT2D eigenvalue weighted by atomic mass is 10.3. The highest BCUT2D eigenvalue weighted by atomic mass is 32.1. The number of hydrogen-bond acceptors (Lipinski definition) is 5. The summed E-state index contributed by atoms with van der Waals surface area (Å²) >= 11 is 2.87. The maximum absolute atomic E-state index is 12.7. The van der Waals surface area contributed by atoms with Crippen LogP contribution in [0.2, 0.25) is 0 Å². The Balaban J connectivity index is 1.86. The number of nitrogens with zero attached hydrogens (tertiary/aromatic N) is 3. The zero-order valence-corrected chi connectivity index (χ0v) is 16.1. The summed E-state index contributed by atoms with van der Waals surface area (Å²) < 4.78 is 9.61. The Morgan fingerprint density at radius 1 is 1.15 bits per heavy atom. The second-order valence-electron chi connectivity index (χ2n) is 5.75. The summed E-state index contributed by atoms with van der Waals surface area (Å²) in [5.74, 6) is 0.489. The first-order valence-electron chi connectivity index (χ1n) is 8.32. The van der Waals surface area contributed by atoms with E-state index in [1.165, 1.54) is 22.7 Å². The molecule has 0 aliphatic carbocycles. The van der Waals surface area contributed by atoms with E-state index in [0.717, 1.165) is 39.1 Å². The normalized spacial score (nSPS) is 12.2. The molecule has 2 aromatic carbocycles. The van der Waals surface area contributed by atoms with Crippen molar-refractivity contribution >= 4 is 49.0 Å². The highest BCUT2D eigenvalue weighted by molar-refractivity contribution is 7.20. The fourth-order valence-corrected chi connectivity index (χ4v) is 4.80. The van der Waals surface area contributed by atoms with E-state index in [0.29, 0.717) is 9.81 Å². The van der Waals surface area contributed by atoms with Gasteiger partial charge in [0.2, 0.25) is 0 Å². The first kappa shape index (κ1) is 16.9. The molecule has 0 N–H and O–H groups in total. The molecular formula is C19H17N3O2S2. The highest BCUT2D eigenvalue weighted by Crippen LogP contribution is 2.28. The summed E-state index contributed by atoms with van der Waals surface area (Å²) in [7, 11) is 1.66. The van der Waals surface area contributed by atoms with E-state index in [-0.39, 0.29) is 5.91 Å². The number of amides is 1. The van der Waals surface area contributed by atoms with Crippen LogP contribution >= 0.6 is 22.7 Å². The van der Waals surface area contributed by atoms with Gasteiger partial charge >= 0.3 is 5.91 Å². The predicted octanol–water partition coefficient (Wildman–Crippen LogP) is 4.47. The average molecular weight is 383 g/mol. The van der Waals surface area contributed by atoms with Gasteiger partial charge in [0.1, 0.15) is 11.3 Å². The molecule has 0 saturated heterocycles. The van der Waals surface area contributed by atoms with Crippen molar-refractivity contribution in [1.29, 1.82) is 0 Å². The largest absolute Gasteiger partial charge is 0.495 e. The van der Waals surface area contributed by atoms with Crippen LogP contribution in [0.4, 0.5) is 0 Å². The number of hydrogen-bond donors (Lipinski definition) is 0. The number of benzene rings is 2. The highest BCUT2D eigenvalue weighted by Gasteiger charge is 2.14. The third kappa shape index (κ3) is 2.93. The van der Waals surface area contributed by atoms with Crippen molar-refractivity contribution in [2.75, 3.05) is 7.11 Å². The number of aryl methyl sites for hydroxylation is 1. The van der Waals surface area contributed by atoms with E-state index in [2.05, 4.69) is 21.5 Å². The molecule has 0 spiro atoms. The van der Waals surface area contributed by atoms with Crippen LogP contribution in [0, 0.1) is 0 Å². The smallest absolute Gasteiger partial charge is 0.308 e.